The van der Waals surface area contributed by atoms with Gasteiger partial charge in [-0.05, 0) is 99.9 Å². The number of ether oxygens (including phenoxy) is 1. The number of nitrogens with one attached hydrogen (secondary N) is 1. The highest BCUT2D eigenvalue weighted by Gasteiger charge is 2.07. The molecule has 0 radical (unpaired) electrons. The second-order valence-corrected chi connectivity index (χ2v) is 7.96. The van der Waals surface area contributed by atoms with E-state index in [2.05, 4.69) is 71.2 Å². The average Bonchev–Trinajstić information content (AvgIpc) is 2.80. The molecule has 186 valence electrons. The van der Waals surface area contributed by atoms with E-state index in [4.69, 9.17) is 10.1 Å². The molecule has 0 atom stereocenters. The van der Waals surface area contributed by atoms with Crippen LogP contribution in [0.25, 0.3) is 5.57 Å². The Labute approximate surface area is 207 Å². The summed E-state index contributed by atoms with van der Waals surface area (Å²) in [6.07, 6.45) is 4.69. The van der Waals surface area contributed by atoms with Crippen molar-refractivity contribution in [2.45, 2.75) is 68.2 Å². The molecule has 0 amide bonds. The topological polar surface area (TPSA) is 79.3 Å². The minimum atomic E-state index is 0.199. The van der Waals surface area contributed by atoms with Crippen LogP contribution in [0.4, 0.5) is 0 Å². The van der Waals surface area contributed by atoms with Crippen molar-refractivity contribution < 1.29 is 9.84 Å². The Morgan fingerprint density at radius 2 is 1.71 bits per heavy atom. The van der Waals surface area contributed by atoms with E-state index < -0.39 is 0 Å². The second-order valence-electron chi connectivity index (χ2n) is 7.96. The summed E-state index contributed by atoms with van der Waals surface area (Å²) < 4.78 is 5.39. The molecule has 2 aromatic carbocycles. The van der Waals surface area contributed by atoms with Crippen LogP contribution in [0.3, 0.4) is 0 Å². The number of phenols is 1. The molecule has 0 spiro atoms. The van der Waals surface area contributed by atoms with Crippen LogP contribution in [-0.2, 0) is 6.42 Å². The maximum Gasteiger partial charge on any atom is 0.160 e. The van der Waals surface area contributed by atoms with E-state index in [9.17, 15) is 5.11 Å². The minimum absolute atomic E-state index is 0.199. The Kier molecular flexibility index (Phi) is 14.8. The highest BCUT2D eigenvalue weighted by atomic mass is 16.5. The molecular weight excluding hydrogens is 420 g/mol. The molecule has 0 aliphatic rings. The standard InChI is InChI=1S/C27H34O2.C2H6.CH4N2/c1-8-29-27-14-12-24(17-26(27)28)11-10-19(3)23(7)20(4)16-22(6)25-13-9-18(2)15-21(25)5;1-2;2-1-3/h9,12-17,28H,3,8,10-11H2,1-2,4-7H3;1-2H3;1H,(H3,2,3)/b22-16+,23-20+;;. The summed E-state index contributed by atoms with van der Waals surface area (Å²) in [5, 5.41) is 15.9. The third kappa shape index (κ3) is 10.1. The van der Waals surface area contributed by atoms with Crippen LogP contribution in [-0.4, -0.2) is 18.1 Å². The van der Waals surface area contributed by atoms with E-state index in [1.54, 1.807) is 6.07 Å². The lowest BCUT2D eigenvalue weighted by Crippen LogP contribution is -1.95. The van der Waals surface area contributed by atoms with Crippen LogP contribution < -0.4 is 10.5 Å². The first-order chi connectivity index (χ1) is 16.1. The first kappa shape index (κ1) is 30.7. The van der Waals surface area contributed by atoms with Gasteiger partial charge in [-0.25, -0.2) is 0 Å². The van der Waals surface area contributed by atoms with Crippen molar-refractivity contribution in [3.05, 3.63) is 88.0 Å². The number of benzene rings is 2. The molecule has 4 nitrogen and oxygen atoms in total. The van der Waals surface area contributed by atoms with E-state index in [1.165, 1.54) is 33.4 Å². The molecule has 34 heavy (non-hydrogen) atoms. The quantitative estimate of drug-likeness (QED) is 0.211. The molecule has 0 aromatic heterocycles. The van der Waals surface area contributed by atoms with Crippen molar-refractivity contribution in [1.29, 1.82) is 5.41 Å². The van der Waals surface area contributed by atoms with E-state index >= 15 is 0 Å². The van der Waals surface area contributed by atoms with Gasteiger partial charge in [0, 0.05) is 0 Å². The minimum Gasteiger partial charge on any atom is -0.504 e. The number of aromatic hydroxyl groups is 1. The summed E-state index contributed by atoms with van der Waals surface area (Å²) in [7, 11) is 0. The Morgan fingerprint density at radius 3 is 2.24 bits per heavy atom. The predicted octanol–water partition coefficient (Wildman–Crippen LogP) is 7.91. The molecule has 0 saturated heterocycles. The van der Waals surface area contributed by atoms with Gasteiger partial charge in [-0.2, -0.15) is 0 Å². The van der Waals surface area contributed by atoms with Crippen LogP contribution in [0.2, 0.25) is 0 Å². The van der Waals surface area contributed by atoms with E-state index in [1.807, 2.05) is 32.9 Å². The van der Waals surface area contributed by atoms with Crippen molar-refractivity contribution in [1.82, 2.24) is 0 Å². The van der Waals surface area contributed by atoms with Gasteiger partial charge in [0.2, 0.25) is 0 Å². The smallest absolute Gasteiger partial charge is 0.160 e. The van der Waals surface area contributed by atoms with Gasteiger partial charge in [0.05, 0.1) is 12.9 Å². The zero-order chi connectivity index (χ0) is 26.3. The lowest BCUT2D eigenvalue weighted by Gasteiger charge is -2.12. The molecule has 0 heterocycles. The third-order valence-electron chi connectivity index (χ3n) is 5.40. The number of nitrogens with two attached hydrogens (primary N) is 1. The van der Waals surface area contributed by atoms with Crippen molar-refractivity contribution in [3.63, 3.8) is 0 Å². The molecule has 2 rings (SSSR count). The number of rotatable bonds is 8. The first-order valence-electron chi connectivity index (χ1n) is 11.9. The third-order valence-corrected chi connectivity index (χ3v) is 5.40. The summed E-state index contributed by atoms with van der Waals surface area (Å²) in [5.74, 6) is 0.736. The van der Waals surface area contributed by atoms with E-state index in [0.29, 0.717) is 12.4 Å². The van der Waals surface area contributed by atoms with Gasteiger partial charge in [0.15, 0.2) is 11.5 Å². The van der Waals surface area contributed by atoms with Gasteiger partial charge in [-0.3, -0.25) is 5.41 Å². The van der Waals surface area contributed by atoms with Crippen molar-refractivity contribution in [3.8, 4) is 11.5 Å². The molecule has 0 fully saturated rings. The number of hydrogen-bond acceptors (Lipinski definition) is 3. The van der Waals surface area contributed by atoms with E-state index in [0.717, 1.165) is 30.3 Å². The Balaban J connectivity index is 0.00000201. The molecule has 4 heteroatoms. The zero-order valence-electron chi connectivity index (χ0n) is 22.4. The van der Waals surface area contributed by atoms with Crippen LogP contribution >= 0.6 is 0 Å². The zero-order valence-corrected chi connectivity index (χ0v) is 22.4. The summed E-state index contributed by atoms with van der Waals surface area (Å²) in [6.45, 7) is 21.5. The van der Waals surface area contributed by atoms with Crippen molar-refractivity contribution in [2.24, 2.45) is 5.73 Å². The van der Waals surface area contributed by atoms with E-state index in [-0.39, 0.29) is 5.75 Å². The predicted molar refractivity (Wildman–Crippen MR) is 149 cm³/mol. The Bertz CT molecular complexity index is 1000. The lowest BCUT2D eigenvalue weighted by atomic mass is 9.94. The normalized spacial score (nSPS) is 11.2. The largest absolute Gasteiger partial charge is 0.504 e. The molecule has 0 aliphatic carbocycles. The number of aryl methyl sites for hydroxylation is 3. The van der Waals surface area contributed by atoms with Gasteiger partial charge < -0.3 is 15.6 Å². The maximum absolute atomic E-state index is 10.1. The van der Waals surface area contributed by atoms with Gasteiger partial charge in [-0.15, -0.1) is 0 Å². The van der Waals surface area contributed by atoms with Crippen molar-refractivity contribution in [2.75, 3.05) is 6.61 Å². The van der Waals surface area contributed by atoms with Crippen LogP contribution in [0.5, 0.6) is 11.5 Å². The second kappa shape index (κ2) is 16.4. The van der Waals surface area contributed by atoms with Crippen molar-refractivity contribution >= 4 is 11.9 Å². The monoisotopic (exact) mass is 464 g/mol. The Morgan fingerprint density at radius 1 is 1.09 bits per heavy atom. The molecule has 0 bridgehead atoms. The molecule has 2 aromatic rings. The summed E-state index contributed by atoms with van der Waals surface area (Å²) in [6, 6.07) is 12.2. The summed E-state index contributed by atoms with van der Waals surface area (Å²) in [4.78, 5) is 0. The first-order valence-corrected chi connectivity index (χ1v) is 11.9. The average molecular weight is 465 g/mol. The van der Waals surface area contributed by atoms with Crippen LogP contribution in [0.15, 0.2) is 65.8 Å². The molecule has 0 unspecified atom stereocenters. The number of hydrogen-bond donors (Lipinski definition) is 3. The number of allylic oxidation sites excluding steroid dienone is 5. The number of phenolic OH excluding ortho intramolecular Hbond substituents is 1. The van der Waals surface area contributed by atoms with Gasteiger partial charge in [0.25, 0.3) is 0 Å². The fourth-order valence-electron chi connectivity index (χ4n) is 3.52. The lowest BCUT2D eigenvalue weighted by molar-refractivity contribution is 0.318. The highest BCUT2D eigenvalue weighted by Crippen LogP contribution is 2.29. The fraction of sp³-hybridized carbons (Fsp3) is 0.367. The summed E-state index contributed by atoms with van der Waals surface area (Å²) in [5.41, 5.74) is 14.2. The van der Waals surface area contributed by atoms with Gasteiger partial charge in [0.1, 0.15) is 0 Å². The maximum atomic E-state index is 10.1. The SMILES string of the molecule is C=C(CCc1ccc(OCC)c(O)c1)/C(C)=C(C)/C=C(\C)c1ccc(C)cc1C.CC.N=CN. The molecule has 0 saturated carbocycles. The summed E-state index contributed by atoms with van der Waals surface area (Å²) >= 11 is 0. The molecular formula is C30H44N2O2. The van der Waals surface area contributed by atoms with Gasteiger partial charge >= 0.3 is 0 Å². The van der Waals surface area contributed by atoms with Crippen LogP contribution in [0, 0.1) is 19.3 Å². The van der Waals surface area contributed by atoms with Gasteiger partial charge in [-0.1, -0.05) is 61.9 Å². The molecule has 0 aliphatic heterocycles. The fourth-order valence-corrected chi connectivity index (χ4v) is 3.52. The van der Waals surface area contributed by atoms with Crippen LogP contribution in [0.1, 0.15) is 70.2 Å². The Hall–Kier alpha value is -3.27. The molecule has 4 N–H and O–H groups in total. The highest BCUT2D eigenvalue weighted by molar-refractivity contribution is 5.69.